The smallest absolute Gasteiger partial charge is 0.119 e. The van der Waals surface area contributed by atoms with E-state index in [2.05, 4.69) is 31.3 Å². The second kappa shape index (κ2) is 10.9. The van der Waals surface area contributed by atoms with Crippen LogP contribution in [0.2, 0.25) is 0 Å². The van der Waals surface area contributed by atoms with E-state index in [-0.39, 0.29) is 12.4 Å². The molecule has 5 heteroatoms. The maximum absolute atomic E-state index is 9.80. The third kappa shape index (κ3) is 9.16. The first-order chi connectivity index (χ1) is 10.6. The molecule has 1 aliphatic carbocycles. The van der Waals surface area contributed by atoms with Gasteiger partial charge in [-0.15, -0.1) is 0 Å². The van der Waals surface area contributed by atoms with E-state index in [0.29, 0.717) is 19.2 Å². The first-order valence-electron chi connectivity index (χ1n) is 8.34. The Balaban J connectivity index is 0.00000264. The molecule has 23 heavy (non-hydrogen) atoms. The van der Waals surface area contributed by atoms with Crippen LogP contribution in [-0.2, 0) is 11.2 Å². The number of aliphatic hydroxyl groups excluding tert-OH is 1. The summed E-state index contributed by atoms with van der Waals surface area (Å²) >= 11 is 0. The standard InChI is InChI=1S/C18H29NO3.ClH/c1-14(2)19-11-17(20)13-22-18-7-5-15(6-8-18)9-10-21-12-16-3-4-16;/h5-8,14,16-17,19-20H,3-4,9-13H2,1-2H3;1H/p-1. The zero-order valence-corrected chi connectivity index (χ0v) is 14.9. The Morgan fingerprint density at radius 3 is 2.52 bits per heavy atom. The number of rotatable bonds is 11. The van der Waals surface area contributed by atoms with E-state index in [1.165, 1.54) is 18.4 Å². The highest BCUT2D eigenvalue weighted by Gasteiger charge is 2.20. The van der Waals surface area contributed by atoms with Crippen molar-refractivity contribution in [2.75, 3.05) is 26.4 Å². The van der Waals surface area contributed by atoms with Gasteiger partial charge >= 0.3 is 0 Å². The SMILES string of the molecule is CC(C)NCC(O)COc1ccc(CCOCC2CC2)cc1.[Cl-]. The molecule has 1 aliphatic rings. The summed E-state index contributed by atoms with van der Waals surface area (Å²) in [5, 5.41) is 13.0. The number of ether oxygens (including phenoxy) is 2. The van der Waals surface area contributed by atoms with Gasteiger partial charge in [-0.1, -0.05) is 26.0 Å². The number of halogens is 1. The van der Waals surface area contributed by atoms with Crippen LogP contribution in [0.3, 0.4) is 0 Å². The van der Waals surface area contributed by atoms with E-state index in [1.807, 2.05) is 12.1 Å². The minimum Gasteiger partial charge on any atom is -1.00 e. The van der Waals surface area contributed by atoms with E-state index >= 15 is 0 Å². The van der Waals surface area contributed by atoms with Crippen molar-refractivity contribution in [2.45, 2.75) is 45.3 Å². The number of hydrogen-bond acceptors (Lipinski definition) is 4. The molecule has 0 spiro atoms. The maximum atomic E-state index is 9.80. The van der Waals surface area contributed by atoms with Crippen molar-refractivity contribution in [3.05, 3.63) is 29.8 Å². The third-order valence-electron chi connectivity index (χ3n) is 3.71. The van der Waals surface area contributed by atoms with Crippen LogP contribution < -0.4 is 22.5 Å². The van der Waals surface area contributed by atoms with Crippen molar-refractivity contribution in [2.24, 2.45) is 5.92 Å². The quantitative estimate of drug-likeness (QED) is 0.527. The van der Waals surface area contributed by atoms with E-state index < -0.39 is 6.10 Å². The number of nitrogens with one attached hydrogen (secondary N) is 1. The fraction of sp³-hybridized carbons (Fsp3) is 0.667. The molecule has 0 saturated heterocycles. The van der Waals surface area contributed by atoms with Gasteiger partial charge in [0.2, 0.25) is 0 Å². The third-order valence-corrected chi connectivity index (χ3v) is 3.71. The summed E-state index contributed by atoms with van der Waals surface area (Å²) in [6.07, 6.45) is 3.13. The van der Waals surface area contributed by atoms with Crippen molar-refractivity contribution in [1.29, 1.82) is 0 Å². The van der Waals surface area contributed by atoms with Crippen LogP contribution in [0, 0.1) is 5.92 Å². The fourth-order valence-electron chi connectivity index (χ4n) is 2.10. The average molecular weight is 343 g/mol. The molecule has 1 unspecified atom stereocenters. The first-order valence-corrected chi connectivity index (χ1v) is 8.34. The molecule has 0 aliphatic heterocycles. The summed E-state index contributed by atoms with van der Waals surface area (Å²) in [7, 11) is 0. The van der Waals surface area contributed by atoms with Gasteiger partial charge in [-0.3, -0.25) is 0 Å². The average Bonchev–Trinajstić information content (AvgIpc) is 3.33. The monoisotopic (exact) mass is 342 g/mol. The van der Waals surface area contributed by atoms with Crippen LogP contribution >= 0.6 is 0 Å². The van der Waals surface area contributed by atoms with Gasteiger partial charge in [0.15, 0.2) is 0 Å². The van der Waals surface area contributed by atoms with Crippen molar-refractivity contribution >= 4 is 0 Å². The molecule has 0 heterocycles. The Hall–Kier alpha value is -0.810. The maximum Gasteiger partial charge on any atom is 0.119 e. The van der Waals surface area contributed by atoms with Gasteiger partial charge in [0, 0.05) is 19.2 Å². The predicted octanol–water partition coefficient (Wildman–Crippen LogP) is -0.603. The molecule has 0 aromatic heterocycles. The molecular formula is C18H29ClNO3-. The molecule has 0 amide bonds. The van der Waals surface area contributed by atoms with Crippen LogP contribution in [0.4, 0.5) is 0 Å². The molecular weight excluding hydrogens is 314 g/mol. The topological polar surface area (TPSA) is 50.7 Å². The van der Waals surface area contributed by atoms with Crippen LogP contribution in [-0.4, -0.2) is 43.6 Å². The Labute approximate surface area is 146 Å². The normalized spacial score (nSPS) is 15.3. The lowest BCUT2D eigenvalue weighted by Crippen LogP contribution is -3.00. The van der Waals surface area contributed by atoms with E-state index in [1.54, 1.807) is 0 Å². The van der Waals surface area contributed by atoms with Crippen LogP contribution in [0.5, 0.6) is 5.75 Å². The number of hydrogen-bond donors (Lipinski definition) is 2. The van der Waals surface area contributed by atoms with E-state index in [4.69, 9.17) is 9.47 Å². The molecule has 1 aromatic rings. The molecule has 2 N–H and O–H groups in total. The molecule has 2 rings (SSSR count). The summed E-state index contributed by atoms with van der Waals surface area (Å²) in [6, 6.07) is 8.41. The van der Waals surface area contributed by atoms with E-state index in [9.17, 15) is 5.11 Å². The lowest BCUT2D eigenvalue weighted by atomic mass is 10.1. The second-order valence-electron chi connectivity index (χ2n) is 6.44. The van der Waals surface area contributed by atoms with Crippen LogP contribution in [0.1, 0.15) is 32.3 Å². The number of aliphatic hydroxyl groups is 1. The zero-order chi connectivity index (χ0) is 15.8. The fourth-order valence-corrected chi connectivity index (χ4v) is 2.10. The summed E-state index contributed by atoms with van der Waals surface area (Å²) in [4.78, 5) is 0. The van der Waals surface area contributed by atoms with Crippen molar-refractivity contribution < 1.29 is 27.0 Å². The molecule has 1 atom stereocenters. The second-order valence-corrected chi connectivity index (χ2v) is 6.44. The zero-order valence-electron chi connectivity index (χ0n) is 14.1. The summed E-state index contributed by atoms with van der Waals surface area (Å²) in [5.74, 6) is 1.62. The highest BCUT2D eigenvalue weighted by Crippen LogP contribution is 2.28. The minimum absolute atomic E-state index is 0. The first kappa shape index (κ1) is 20.2. The summed E-state index contributed by atoms with van der Waals surface area (Å²) in [6.45, 7) is 6.68. The predicted molar refractivity (Wildman–Crippen MR) is 88.3 cm³/mol. The lowest BCUT2D eigenvalue weighted by Gasteiger charge is -2.15. The van der Waals surface area contributed by atoms with Crippen molar-refractivity contribution in [3.8, 4) is 5.75 Å². The van der Waals surface area contributed by atoms with Gasteiger partial charge in [0.1, 0.15) is 18.5 Å². The molecule has 1 aromatic carbocycles. The van der Waals surface area contributed by atoms with Gasteiger partial charge < -0.3 is 32.3 Å². The van der Waals surface area contributed by atoms with E-state index in [0.717, 1.165) is 31.3 Å². The minimum atomic E-state index is -0.488. The Morgan fingerprint density at radius 1 is 1.22 bits per heavy atom. The summed E-state index contributed by atoms with van der Waals surface area (Å²) in [5.41, 5.74) is 1.25. The highest BCUT2D eigenvalue weighted by atomic mass is 35.5. The van der Waals surface area contributed by atoms with Gasteiger partial charge in [-0.25, -0.2) is 0 Å². The Kier molecular flexibility index (Phi) is 9.56. The summed E-state index contributed by atoms with van der Waals surface area (Å²) < 4.78 is 11.2. The largest absolute Gasteiger partial charge is 1.00 e. The Bertz CT molecular complexity index is 421. The van der Waals surface area contributed by atoms with Gasteiger partial charge in [-0.05, 0) is 42.9 Å². The molecule has 1 saturated carbocycles. The molecule has 1 fully saturated rings. The Morgan fingerprint density at radius 2 is 1.91 bits per heavy atom. The lowest BCUT2D eigenvalue weighted by molar-refractivity contribution is -0.00000716. The number of benzene rings is 1. The highest BCUT2D eigenvalue weighted by molar-refractivity contribution is 5.27. The van der Waals surface area contributed by atoms with Gasteiger partial charge in [0.05, 0.1) is 6.61 Å². The molecule has 4 nitrogen and oxygen atoms in total. The van der Waals surface area contributed by atoms with Crippen molar-refractivity contribution in [1.82, 2.24) is 5.32 Å². The van der Waals surface area contributed by atoms with Crippen LogP contribution in [0.15, 0.2) is 24.3 Å². The van der Waals surface area contributed by atoms with Crippen molar-refractivity contribution in [3.63, 3.8) is 0 Å². The van der Waals surface area contributed by atoms with Gasteiger partial charge in [0.25, 0.3) is 0 Å². The van der Waals surface area contributed by atoms with Crippen LogP contribution in [0.25, 0.3) is 0 Å². The van der Waals surface area contributed by atoms with Gasteiger partial charge in [-0.2, -0.15) is 0 Å². The molecule has 0 radical (unpaired) electrons. The molecule has 0 bridgehead atoms. The molecule has 132 valence electrons.